The van der Waals surface area contributed by atoms with E-state index >= 15 is 0 Å². The lowest BCUT2D eigenvalue weighted by atomic mass is 9.80. The van der Waals surface area contributed by atoms with Gasteiger partial charge in [-0.3, -0.25) is 9.59 Å². The van der Waals surface area contributed by atoms with Crippen LogP contribution < -0.4 is 5.32 Å². The van der Waals surface area contributed by atoms with Crippen molar-refractivity contribution in [1.82, 2.24) is 5.32 Å². The van der Waals surface area contributed by atoms with Gasteiger partial charge < -0.3 is 24.3 Å². The van der Waals surface area contributed by atoms with Crippen LogP contribution in [0.5, 0.6) is 0 Å². The first-order chi connectivity index (χ1) is 31.9. The van der Waals surface area contributed by atoms with E-state index in [0.717, 1.165) is 93.7 Å². The lowest BCUT2D eigenvalue weighted by Gasteiger charge is -2.37. The van der Waals surface area contributed by atoms with Crippen molar-refractivity contribution >= 4 is 52.8 Å². The molecule has 1 atom stereocenters. The number of unbranched alkanes of at least 4 members (excludes halogenated alkanes) is 20. The van der Waals surface area contributed by atoms with Gasteiger partial charge in [0.15, 0.2) is 11.7 Å². The summed E-state index contributed by atoms with van der Waals surface area (Å²) in [5.74, 6) is -0.604. The molecule has 3 aromatic carbocycles. The van der Waals surface area contributed by atoms with Crippen molar-refractivity contribution < 1.29 is 33.3 Å². The summed E-state index contributed by atoms with van der Waals surface area (Å²) in [6.45, 7) is 5.80. The summed E-state index contributed by atoms with van der Waals surface area (Å²) in [6.07, 6.45) is 24.1. The molecule has 1 amide bonds. The normalized spacial score (nSPS) is 12.4. The summed E-state index contributed by atoms with van der Waals surface area (Å²) < 4.78 is 22.4. The number of alkyl halides is 3. The van der Waals surface area contributed by atoms with Crippen molar-refractivity contribution in [2.24, 2.45) is 0 Å². The highest BCUT2D eigenvalue weighted by atomic mass is 35.6. The van der Waals surface area contributed by atoms with Crippen molar-refractivity contribution in [2.45, 2.75) is 196 Å². The highest BCUT2D eigenvalue weighted by Gasteiger charge is 2.44. The van der Waals surface area contributed by atoms with Crippen LogP contribution in [0.4, 0.5) is 4.79 Å². The number of amides is 1. The Labute approximate surface area is 412 Å². The number of hydrogen-bond acceptors (Lipinski definition) is 7. The van der Waals surface area contributed by atoms with Gasteiger partial charge in [0.2, 0.25) is 3.79 Å². The molecule has 0 aliphatic heterocycles. The molecular weight excluding hydrogens is 893 g/mol. The lowest BCUT2D eigenvalue weighted by molar-refractivity contribution is -0.165. The van der Waals surface area contributed by atoms with Gasteiger partial charge in [-0.05, 0) is 49.8 Å². The standard InChI is InChI=1S/C55H80Cl3NO7/c1-4-5-6-7-8-9-10-11-12-14-18-21-33-42-51(61)65-49(45-64-54(46-35-26-23-27-36-46,47-37-28-24-29-38-47)48-39-30-25-31-40-48)44-63-50(60)41-32-20-17-15-13-16-19-22-34-43-59-52(62)66-53(2,3)55(56,57)58/h23-31,35-40,49H,4-22,32-34,41-45H2,1-3H3,(H,59,62)/t49-/m1/s1. The second-order valence-electron chi connectivity index (χ2n) is 18.1. The van der Waals surface area contributed by atoms with E-state index in [1.165, 1.54) is 64.2 Å². The van der Waals surface area contributed by atoms with Gasteiger partial charge in [0.05, 0.1) is 6.61 Å². The van der Waals surface area contributed by atoms with E-state index in [1.807, 2.05) is 54.6 Å². The molecule has 0 aromatic heterocycles. The van der Waals surface area contributed by atoms with Gasteiger partial charge in [0.25, 0.3) is 0 Å². The monoisotopic (exact) mass is 972 g/mol. The Hall–Kier alpha value is -3.30. The Morgan fingerprint density at radius 2 is 0.894 bits per heavy atom. The molecule has 8 nitrogen and oxygen atoms in total. The second kappa shape index (κ2) is 33.2. The Balaban J connectivity index is 1.46. The van der Waals surface area contributed by atoms with Crippen LogP contribution in [-0.2, 0) is 34.1 Å². The molecule has 11 heteroatoms. The predicted molar refractivity (Wildman–Crippen MR) is 271 cm³/mol. The summed E-state index contributed by atoms with van der Waals surface area (Å²) in [5, 5.41) is 2.72. The lowest BCUT2D eigenvalue weighted by Crippen LogP contribution is -2.44. The molecule has 0 heterocycles. The molecule has 0 fully saturated rings. The molecule has 1 N–H and O–H groups in total. The van der Waals surface area contributed by atoms with Crippen LogP contribution in [0.25, 0.3) is 0 Å². The zero-order valence-electron chi connectivity index (χ0n) is 40.3. The number of ether oxygens (including phenoxy) is 4. The van der Waals surface area contributed by atoms with Crippen molar-refractivity contribution in [2.75, 3.05) is 19.8 Å². The van der Waals surface area contributed by atoms with Gasteiger partial charge in [-0.25, -0.2) is 4.79 Å². The van der Waals surface area contributed by atoms with Gasteiger partial charge >= 0.3 is 18.0 Å². The summed E-state index contributed by atoms with van der Waals surface area (Å²) in [6, 6.07) is 30.2. The zero-order valence-corrected chi connectivity index (χ0v) is 42.6. The molecule has 0 unspecified atom stereocenters. The fourth-order valence-corrected chi connectivity index (χ4v) is 8.16. The van der Waals surface area contributed by atoms with Crippen LogP contribution in [0.2, 0.25) is 0 Å². The molecule has 3 aromatic rings. The van der Waals surface area contributed by atoms with Crippen molar-refractivity contribution in [3.8, 4) is 0 Å². The number of benzene rings is 3. The van der Waals surface area contributed by atoms with Gasteiger partial charge in [-0.2, -0.15) is 0 Å². The average molecular weight is 974 g/mol. The molecule has 0 saturated carbocycles. The maximum Gasteiger partial charge on any atom is 0.407 e. The highest BCUT2D eigenvalue weighted by molar-refractivity contribution is 6.68. The number of carbonyl (C=O) groups excluding carboxylic acids is 3. The number of halogens is 3. The highest BCUT2D eigenvalue weighted by Crippen LogP contribution is 2.41. The first-order valence-electron chi connectivity index (χ1n) is 25.1. The van der Waals surface area contributed by atoms with E-state index in [9.17, 15) is 14.4 Å². The largest absolute Gasteiger partial charge is 0.462 e. The number of rotatable bonds is 36. The summed E-state index contributed by atoms with van der Waals surface area (Å²) in [7, 11) is 0. The van der Waals surface area contributed by atoms with Gasteiger partial charge in [-0.1, -0.05) is 255 Å². The Morgan fingerprint density at radius 1 is 0.515 bits per heavy atom. The third-order valence-corrected chi connectivity index (χ3v) is 13.5. The number of carbonyl (C=O) groups is 3. The first kappa shape index (κ1) is 57.0. The predicted octanol–water partition coefficient (Wildman–Crippen LogP) is 15.7. The summed E-state index contributed by atoms with van der Waals surface area (Å²) >= 11 is 17.7. The van der Waals surface area contributed by atoms with E-state index in [1.54, 1.807) is 13.8 Å². The molecule has 0 aliphatic rings. The molecule has 0 bridgehead atoms. The van der Waals surface area contributed by atoms with Crippen LogP contribution in [0.15, 0.2) is 91.0 Å². The SMILES string of the molecule is CCCCCCCCCCCCCCCC(=O)O[C@H](COC(=O)CCCCCCCCCCCNC(=O)OC(C)(C)C(Cl)(Cl)Cl)COC(c1ccccc1)(c1ccccc1)c1ccccc1. The minimum absolute atomic E-state index is 0.0238. The molecule has 368 valence electrons. The minimum Gasteiger partial charge on any atom is -0.462 e. The smallest absolute Gasteiger partial charge is 0.407 e. The summed E-state index contributed by atoms with van der Waals surface area (Å²) in [5.41, 5.74) is 0.562. The maximum absolute atomic E-state index is 13.4. The fourth-order valence-electron chi connectivity index (χ4n) is 8.04. The minimum atomic E-state index is -1.72. The molecule has 66 heavy (non-hydrogen) atoms. The Morgan fingerprint density at radius 3 is 1.30 bits per heavy atom. The third kappa shape index (κ3) is 22.7. The molecule has 3 rings (SSSR count). The average Bonchev–Trinajstić information content (AvgIpc) is 3.30. The van der Waals surface area contributed by atoms with E-state index in [0.29, 0.717) is 19.4 Å². The third-order valence-electron chi connectivity index (χ3n) is 12.1. The van der Waals surface area contributed by atoms with Gasteiger partial charge in [-0.15, -0.1) is 0 Å². The van der Waals surface area contributed by atoms with E-state index < -0.39 is 27.2 Å². The van der Waals surface area contributed by atoms with Crippen LogP contribution in [0.1, 0.15) is 192 Å². The van der Waals surface area contributed by atoms with Crippen molar-refractivity contribution in [1.29, 1.82) is 0 Å². The number of nitrogens with one attached hydrogen (secondary N) is 1. The van der Waals surface area contributed by atoms with Crippen LogP contribution in [0, 0.1) is 0 Å². The van der Waals surface area contributed by atoms with Gasteiger partial charge in [0, 0.05) is 19.4 Å². The number of esters is 2. The van der Waals surface area contributed by atoms with Crippen molar-refractivity contribution in [3.05, 3.63) is 108 Å². The molecular formula is C55H80Cl3NO7. The molecule has 0 radical (unpaired) electrons. The van der Waals surface area contributed by atoms with Crippen LogP contribution >= 0.6 is 34.8 Å². The topological polar surface area (TPSA) is 100 Å². The van der Waals surface area contributed by atoms with Crippen LogP contribution in [0.3, 0.4) is 0 Å². The fraction of sp³-hybridized carbons (Fsp3) is 0.618. The zero-order chi connectivity index (χ0) is 47.8. The van der Waals surface area contributed by atoms with E-state index in [2.05, 4.69) is 48.6 Å². The van der Waals surface area contributed by atoms with Gasteiger partial charge in [0.1, 0.15) is 12.2 Å². The Bertz CT molecular complexity index is 1630. The Kier molecular flexibility index (Phi) is 28.7. The van der Waals surface area contributed by atoms with E-state index in [4.69, 9.17) is 53.8 Å². The molecule has 0 spiro atoms. The summed E-state index contributed by atoms with van der Waals surface area (Å²) in [4.78, 5) is 38.5. The van der Waals surface area contributed by atoms with E-state index in [-0.39, 0.29) is 25.2 Å². The quantitative estimate of drug-likeness (QED) is 0.0204. The molecule has 0 saturated heterocycles. The maximum atomic E-state index is 13.4. The molecule has 0 aliphatic carbocycles. The van der Waals surface area contributed by atoms with Crippen molar-refractivity contribution in [3.63, 3.8) is 0 Å². The second-order valence-corrected chi connectivity index (χ2v) is 20.4. The van der Waals surface area contributed by atoms with Crippen LogP contribution in [-0.4, -0.2) is 53.3 Å². The first-order valence-corrected chi connectivity index (χ1v) is 26.2. The number of alkyl carbamates (subject to hydrolysis) is 1. The number of hydrogen-bond donors (Lipinski definition) is 1.